The van der Waals surface area contributed by atoms with E-state index in [0.717, 1.165) is 18.5 Å². The minimum Gasteiger partial charge on any atom is -0.366 e. The maximum Gasteiger partial charge on any atom is 0.278 e. The van der Waals surface area contributed by atoms with Gasteiger partial charge in [0.1, 0.15) is 0 Å². The summed E-state index contributed by atoms with van der Waals surface area (Å²) in [6.07, 6.45) is 0. The highest BCUT2D eigenvalue weighted by Crippen LogP contribution is 2.34. The first-order valence-corrected chi connectivity index (χ1v) is 13.0. The van der Waals surface area contributed by atoms with E-state index in [1.807, 2.05) is 36.2 Å². The molecule has 3 heterocycles. The van der Waals surface area contributed by atoms with Crippen molar-refractivity contribution < 1.29 is 14.4 Å². The highest BCUT2D eigenvalue weighted by molar-refractivity contribution is 6.18. The van der Waals surface area contributed by atoms with E-state index in [0.29, 0.717) is 57.7 Å². The Morgan fingerprint density at radius 2 is 1.73 bits per heavy atom. The van der Waals surface area contributed by atoms with Gasteiger partial charge in [0.05, 0.1) is 22.5 Å². The minimum atomic E-state index is -0.588. The van der Waals surface area contributed by atoms with Gasteiger partial charge < -0.3 is 25.8 Å². The lowest BCUT2D eigenvalue weighted by molar-refractivity contribution is 0.0664. The van der Waals surface area contributed by atoms with Crippen molar-refractivity contribution in [2.75, 3.05) is 38.5 Å². The van der Waals surface area contributed by atoms with Gasteiger partial charge in [0.25, 0.3) is 17.7 Å². The summed E-state index contributed by atoms with van der Waals surface area (Å²) in [5.41, 5.74) is 9.75. The van der Waals surface area contributed by atoms with E-state index in [9.17, 15) is 14.4 Å². The number of para-hydroxylation sites is 1. The molecule has 0 aliphatic carbocycles. The summed E-state index contributed by atoms with van der Waals surface area (Å²) < 4.78 is 1.57. The predicted octanol–water partition coefficient (Wildman–Crippen LogP) is 2.95. The van der Waals surface area contributed by atoms with Crippen LogP contribution in [0.4, 0.5) is 5.69 Å². The molecule has 40 heavy (non-hydrogen) atoms. The van der Waals surface area contributed by atoms with Crippen molar-refractivity contribution >= 4 is 45.2 Å². The van der Waals surface area contributed by atoms with Crippen molar-refractivity contribution in [1.29, 1.82) is 0 Å². The van der Waals surface area contributed by atoms with Gasteiger partial charge in [-0.25, -0.2) is 4.68 Å². The van der Waals surface area contributed by atoms with Crippen LogP contribution in [0.5, 0.6) is 0 Å². The number of rotatable bonds is 5. The number of nitrogens with two attached hydrogens (primary N) is 1. The number of anilines is 1. The Hall–Kier alpha value is -5.03. The molecule has 0 radical (unpaired) electrons. The number of likely N-dealkylation sites (N-methyl/N-ethyl adjacent to an activating group) is 1. The van der Waals surface area contributed by atoms with Gasteiger partial charge in [-0.1, -0.05) is 29.5 Å². The van der Waals surface area contributed by atoms with Crippen molar-refractivity contribution in [3.05, 3.63) is 83.2 Å². The molecule has 11 nitrogen and oxygen atoms in total. The molecule has 1 aliphatic rings. The van der Waals surface area contributed by atoms with Crippen LogP contribution < -0.4 is 11.1 Å². The summed E-state index contributed by atoms with van der Waals surface area (Å²) in [5.74, 6) is -1.01. The normalized spacial score (nSPS) is 14.1. The van der Waals surface area contributed by atoms with E-state index < -0.39 is 5.91 Å². The first kappa shape index (κ1) is 25.3. The highest BCUT2D eigenvalue weighted by Gasteiger charge is 2.24. The number of carbonyl (C=O) groups excluding carboxylic acids is 3. The molecule has 3 aromatic carbocycles. The first-order valence-electron chi connectivity index (χ1n) is 13.0. The molecule has 1 fully saturated rings. The van der Waals surface area contributed by atoms with E-state index in [4.69, 9.17) is 5.73 Å². The molecule has 0 unspecified atom stereocenters. The lowest BCUT2D eigenvalue weighted by Gasteiger charge is -2.32. The molecule has 0 saturated carbocycles. The molecular formula is C29H28N8O3. The van der Waals surface area contributed by atoms with Crippen molar-refractivity contribution in [1.82, 2.24) is 29.8 Å². The Labute approximate surface area is 229 Å². The van der Waals surface area contributed by atoms with Crippen molar-refractivity contribution in [3.63, 3.8) is 0 Å². The summed E-state index contributed by atoms with van der Waals surface area (Å²) in [6, 6.07) is 17.9. The SMILES string of the molecule is Cc1c(C(=O)Nc2ccccc2)nnn1-c1ccc(C(N)=O)c2[nH]c3cc(C(=O)N4CCN(C)CC4)ccc3c12. The van der Waals surface area contributed by atoms with Gasteiger partial charge in [-0.2, -0.15) is 0 Å². The molecule has 0 bridgehead atoms. The Morgan fingerprint density at radius 1 is 0.975 bits per heavy atom. The maximum absolute atomic E-state index is 13.2. The molecule has 0 atom stereocenters. The third-order valence-corrected chi connectivity index (χ3v) is 7.40. The number of H-pyrrole nitrogens is 1. The lowest BCUT2D eigenvalue weighted by atomic mass is 10.0. The summed E-state index contributed by atoms with van der Waals surface area (Å²) >= 11 is 0. The quantitative estimate of drug-likeness (QED) is 0.315. The topological polar surface area (TPSA) is 142 Å². The summed E-state index contributed by atoms with van der Waals surface area (Å²) in [5, 5.41) is 12.7. The minimum absolute atomic E-state index is 0.0369. The van der Waals surface area contributed by atoms with Gasteiger partial charge >= 0.3 is 0 Å². The Morgan fingerprint density at radius 3 is 2.45 bits per heavy atom. The number of aromatic nitrogens is 4. The molecular weight excluding hydrogens is 508 g/mol. The van der Waals surface area contributed by atoms with Crippen LogP contribution in [0.25, 0.3) is 27.5 Å². The Kier molecular flexibility index (Phi) is 6.27. The van der Waals surface area contributed by atoms with Gasteiger partial charge in [-0.05, 0) is 50.4 Å². The standard InChI is InChI=1S/C29H28N8O3/c1-17-25(28(39)31-19-6-4-3-5-7-19)33-34-37(17)23-11-10-21(27(30)38)26-24(23)20-9-8-18(16-22(20)32-26)29(40)36-14-12-35(2)13-15-36/h3-11,16,32H,12-15H2,1-2H3,(H2,30,38)(H,31,39). The Balaban J connectivity index is 1.43. The van der Waals surface area contributed by atoms with Crippen molar-refractivity contribution in [2.24, 2.45) is 5.73 Å². The van der Waals surface area contributed by atoms with Crippen LogP contribution in [0.1, 0.15) is 36.9 Å². The van der Waals surface area contributed by atoms with Crippen LogP contribution in [-0.2, 0) is 0 Å². The highest BCUT2D eigenvalue weighted by atomic mass is 16.2. The third kappa shape index (κ3) is 4.35. The van der Waals surface area contributed by atoms with E-state index in [-0.39, 0.29) is 17.5 Å². The third-order valence-electron chi connectivity index (χ3n) is 7.40. The molecule has 3 amide bonds. The first-order chi connectivity index (χ1) is 19.3. The summed E-state index contributed by atoms with van der Waals surface area (Å²) in [6.45, 7) is 4.75. The number of nitrogens with one attached hydrogen (secondary N) is 2. The van der Waals surface area contributed by atoms with Gasteiger partial charge in [0.2, 0.25) is 0 Å². The second-order valence-corrected chi connectivity index (χ2v) is 9.98. The number of carbonyl (C=O) groups is 3. The molecule has 1 aliphatic heterocycles. The van der Waals surface area contributed by atoms with Crippen molar-refractivity contribution in [2.45, 2.75) is 6.92 Å². The number of nitrogens with zero attached hydrogens (tertiary/aromatic N) is 5. The molecule has 6 rings (SSSR count). The zero-order valence-corrected chi connectivity index (χ0v) is 22.1. The number of amides is 3. The molecule has 4 N–H and O–H groups in total. The van der Waals surface area contributed by atoms with Gasteiger partial charge in [-0.15, -0.1) is 5.10 Å². The van der Waals surface area contributed by atoms with Crippen LogP contribution in [0.15, 0.2) is 60.7 Å². The van der Waals surface area contributed by atoms with Gasteiger partial charge in [0, 0.05) is 53.7 Å². The average Bonchev–Trinajstić information content (AvgIpc) is 3.53. The second kappa shape index (κ2) is 9.93. The number of fused-ring (bicyclic) bond motifs is 3. The van der Waals surface area contributed by atoms with E-state index in [2.05, 4.69) is 25.5 Å². The fourth-order valence-corrected chi connectivity index (χ4v) is 5.18. The number of hydrogen-bond donors (Lipinski definition) is 3. The fraction of sp³-hybridized carbons (Fsp3) is 0.207. The largest absolute Gasteiger partial charge is 0.366 e. The number of hydrogen-bond acceptors (Lipinski definition) is 6. The molecule has 5 aromatic rings. The smallest absolute Gasteiger partial charge is 0.278 e. The lowest BCUT2D eigenvalue weighted by Crippen LogP contribution is -2.47. The average molecular weight is 537 g/mol. The molecule has 2 aromatic heterocycles. The monoisotopic (exact) mass is 536 g/mol. The molecule has 0 spiro atoms. The number of aromatic amines is 1. The molecule has 1 saturated heterocycles. The Bertz CT molecular complexity index is 1780. The second-order valence-electron chi connectivity index (χ2n) is 9.98. The van der Waals surface area contributed by atoms with E-state index >= 15 is 0 Å². The van der Waals surface area contributed by atoms with Crippen LogP contribution in [-0.4, -0.2) is 80.7 Å². The predicted molar refractivity (Wildman–Crippen MR) is 152 cm³/mol. The molecule has 11 heteroatoms. The molecule has 202 valence electrons. The summed E-state index contributed by atoms with van der Waals surface area (Å²) in [4.78, 5) is 45.9. The summed E-state index contributed by atoms with van der Waals surface area (Å²) in [7, 11) is 2.04. The fourth-order valence-electron chi connectivity index (χ4n) is 5.18. The number of primary amides is 1. The van der Waals surface area contributed by atoms with Crippen LogP contribution in [0.3, 0.4) is 0 Å². The van der Waals surface area contributed by atoms with E-state index in [1.54, 1.807) is 48.0 Å². The van der Waals surface area contributed by atoms with Crippen molar-refractivity contribution in [3.8, 4) is 5.69 Å². The zero-order chi connectivity index (χ0) is 28.0. The number of benzene rings is 3. The van der Waals surface area contributed by atoms with Gasteiger partial charge in [-0.3, -0.25) is 14.4 Å². The van der Waals surface area contributed by atoms with Gasteiger partial charge in [0.15, 0.2) is 5.69 Å². The number of piperazine rings is 1. The van der Waals surface area contributed by atoms with Crippen LogP contribution in [0.2, 0.25) is 0 Å². The zero-order valence-electron chi connectivity index (χ0n) is 22.1. The van der Waals surface area contributed by atoms with E-state index in [1.165, 1.54) is 0 Å². The maximum atomic E-state index is 13.2. The van der Waals surface area contributed by atoms with Crippen LogP contribution >= 0.6 is 0 Å². The van der Waals surface area contributed by atoms with Crippen LogP contribution in [0, 0.1) is 6.92 Å².